The molecule has 0 heterocycles. The van der Waals surface area contributed by atoms with E-state index in [-0.39, 0.29) is 18.0 Å². The van der Waals surface area contributed by atoms with Crippen LogP contribution in [0.15, 0.2) is 42.5 Å². The number of nitrogens with one attached hydrogen (secondary N) is 1. The Morgan fingerprint density at radius 3 is 2.33 bits per heavy atom. The molecule has 0 aliphatic rings. The minimum Gasteiger partial charge on any atom is -0.378 e. The van der Waals surface area contributed by atoms with Crippen molar-refractivity contribution in [3.63, 3.8) is 0 Å². The maximum absolute atomic E-state index is 12.9. The van der Waals surface area contributed by atoms with Crippen LogP contribution < -0.4 is 5.32 Å². The summed E-state index contributed by atoms with van der Waals surface area (Å²) in [4.78, 5) is 21.5. The van der Waals surface area contributed by atoms with E-state index in [1.807, 2.05) is 0 Å². The van der Waals surface area contributed by atoms with Gasteiger partial charge in [-0.3, -0.25) is 14.9 Å². The SMILES string of the molecule is O=C(CNc1ccc([N+](=O)[O-])c(C(F)(F)F)c1)c1ccc(Cl)cc1. The van der Waals surface area contributed by atoms with E-state index in [4.69, 9.17) is 11.6 Å². The van der Waals surface area contributed by atoms with E-state index in [1.54, 1.807) is 0 Å². The molecule has 1 N–H and O–H groups in total. The minimum atomic E-state index is -4.87. The van der Waals surface area contributed by atoms with Crippen molar-refractivity contribution < 1.29 is 22.9 Å². The fourth-order valence-electron chi connectivity index (χ4n) is 1.95. The zero-order valence-corrected chi connectivity index (χ0v) is 12.7. The molecule has 0 aliphatic carbocycles. The van der Waals surface area contributed by atoms with E-state index < -0.39 is 22.4 Å². The monoisotopic (exact) mass is 358 g/mol. The van der Waals surface area contributed by atoms with Gasteiger partial charge in [0.05, 0.1) is 11.5 Å². The maximum atomic E-state index is 12.9. The number of nitrogens with zero attached hydrogens (tertiary/aromatic N) is 1. The third kappa shape index (κ3) is 4.23. The first kappa shape index (κ1) is 17.7. The highest BCUT2D eigenvalue weighted by Gasteiger charge is 2.38. The van der Waals surface area contributed by atoms with Gasteiger partial charge in [0, 0.05) is 22.3 Å². The van der Waals surface area contributed by atoms with Gasteiger partial charge < -0.3 is 5.32 Å². The Bertz CT molecular complexity index is 777. The van der Waals surface area contributed by atoms with Gasteiger partial charge in [-0.05, 0) is 36.4 Å². The normalized spacial score (nSPS) is 11.2. The lowest BCUT2D eigenvalue weighted by Crippen LogP contribution is -2.15. The van der Waals surface area contributed by atoms with Gasteiger partial charge >= 0.3 is 6.18 Å². The molecule has 0 saturated heterocycles. The van der Waals surface area contributed by atoms with Crippen LogP contribution in [0.2, 0.25) is 5.02 Å². The van der Waals surface area contributed by atoms with Gasteiger partial charge in [0.1, 0.15) is 5.56 Å². The molecule has 2 aromatic rings. The zero-order valence-electron chi connectivity index (χ0n) is 11.9. The third-order valence-corrected chi connectivity index (χ3v) is 3.37. The van der Waals surface area contributed by atoms with Crippen LogP contribution in [0, 0.1) is 10.1 Å². The molecule has 0 spiro atoms. The van der Waals surface area contributed by atoms with Crippen LogP contribution in [0.5, 0.6) is 0 Å². The van der Waals surface area contributed by atoms with Gasteiger partial charge in [-0.1, -0.05) is 11.6 Å². The molecule has 0 aromatic heterocycles. The van der Waals surface area contributed by atoms with Crippen molar-refractivity contribution in [2.45, 2.75) is 6.18 Å². The Morgan fingerprint density at radius 1 is 1.17 bits per heavy atom. The van der Waals surface area contributed by atoms with Gasteiger partial charge in [0.2, 0.25) is 0 Å². The molecule has 9 heteroatoms. The Kier molecular flexibility index (Phi) is 5.08. The number of carbonyl (C=O) groups excluding carboxylic acids is 1. The van der Waals surface area contributed by atoms with Crippen LogP contribution in [-0.4, -0.2) is 17.3 Å². The first-order valence-corrected chi connectivity index (χ1v) is 6.94. The minimum absolute atomic E-state index is 0.0461. The number of Topliss-reactive ketones (excluding diaryl/α,β-unsaturated/α-hetero) is 1. The molecular weight excluding hydrogens is 349 g/mol. The molecule has 0 unspecified atom stereocenters. The average molecular weight is 359 g/mol. The number of halogens is 4. The second-order valence-corrected chi connectivity index (χ2v) is 5.21. The lowest BCUT2D eigenvalue weighted by molar-refractivity contribution is -0.388. The van der Waals surface area contributed by atoms with Crippen molar-refractivity contribution in [1.29, 1.82) is 0 Å². The van der Waals surface area contributed by atoms with E-state index in [1.165, 1.54) is 24.3 Å². The molecule has 0 aliphatic heterocycles. The second kappa shape index (κ2) is 6.88. The fourth-order valence-corrected chi connectivity index (χ4v) is 2.08. The van der Waals surface area contributed by atoms with Crippen molar-refractivity contribution in [3.8, 4) is 0 Å². The quantitative estimate of drug-likeness (QED) is 0.483. The summed E-state index contributed by atoms with van der Waals surface area (Å²) in [5, 5.41) is 13.7. The summed E-state index contributed by atoms with van der Waals surface area (Å²) in [6.45, 7) is -0.267. The third-order valence-electron chi connectivity index (χ3n) is 3.12. The van der Waals surface area contributed by atoms with Gasteiger partial charge in [-0.2, -0.15) is 13.2 Å². The van der Waals surface area contributed by atoms with Crippen molar-refractivity contribution in [2.24, 2.45) is 0 Å². The molecule has 0 bridgehead atoms. The first-order chi connectivity index (χ1) is 11.2. The summed E-state index contributed by atoms with van der Waals surface area (Å²) in [5.74, 6) is -0.362. The zero-order chi connectivity index (χ0) is 17.9. The Labute approximate surface area is 139 Å². The van der Waals surface area contributed by atoms with Gasteiger partial charge in [-0.25, -0.2) is 0 Å². The molecule has 24 heavy (non-hydrogen) atoms. The van der Waals surface area contributed by atoms with Crippen LogP contribution in [-0.2, 0) is 6.18 Å². The maximum Gasteiger partial charge on any atom is 0.423 e. The summed E-state index contributed by atoms with van der Waals surface area (Å²) in [7, 11) is 0. The second-order valence-electron chi connectivity index (χ2n) is 4.77. The van der Waals surface area contributed by atoms with Gasteiger partial charge in [-0.15, -0.1) is 0 Å². The van der Waals surface area contributed by atoms with Crippen molar-refractivity contribution in [2.75, 3.05) is 11.9 Å². The summed E-state index contributed by atoms with van der Waals surface area (Å²) in [6.07, 6.45) is -4.87. The molecule has 0 fully saturated rings. The molecule has 0 atom stereocenters. The Hall–Kier alpha value is -2.61. The van der Waals surface area contributed by atoms with Crippen molar-refractivity contribution >= 4 is 28.8 Å². The standard InChI is InChI=1S/C15H10ClF3N2O3/c16-10-3-1-9(2-4-10)14(22)8-20-11-5-6-13(21(23)24)12(7-11)15(17,18)19/h1-7,20H,8H2. The number of nitro benzene ring substituents is 1. The van der Waals surface area contributed by atoms with E-state index in [0.717, 1.165) is 12.1 Å². The number of rotatable bonds is 5. The summed E-state index contributed by atoms with van der Waals surface area (Å²) < 4.78 is 38.6. The van der Waals surface area contributed by atoms with Crippen LogP contribution in [0.25, 0.3) is 0 Å². The van der Waals surface area contributed by atoms with Gasteiger partial charge in [0.25, 0.3) is 5.69 Å². The molecule has 0 amide bonds. The Balaban J connectivity index is 2.17. The predicted octanol–water partition coefficient (Wildman–Crippen LogP) is 4.56. The highest BCUT2D eigenvalue weighted by atomic mass is 35.5. The molecule has 2 aromatic carbocycles. The molecule has 5 nitrogen and oxygen atoms in total. The number of anilines is 1. The number of hydrogen-bond acceptors (Lipinski definition) is 4. The molecule has 0 radical (unpaired) electrons. The first-order valence-electron chi connectivity index (χ1n) is 6.57. The lowest BCUT2D eigenvalue weighted by atomic mass is 10.1. The number of ketones is 1. The largest absolute Gasteiger partial charge is 0.423 e. The van der Waals surface area contributed by atoms with E-state index >= 15 is 0 Å². The topological polar surface area (TPSA) is 72.2 Å². The molecule has 2 rings (SSSR count). The Morgan fingerprint density at radius 2 is 1.79 bits per heavy atom. The van der Waals surface area contributed by atoms with Crippen molar-refractivity contribution in [1.82, 2.24) is 0 Å². The fraction of sp³-hybridized carbons (Fsp3) is 0.133. The smallest absolute Gasteiger partial charge is 0.378 e. The highest BCUT2D eigenvalue weighted by Crippen LogP contribution is 2.37. The number of benzene rings is 2. The molecule has 0 saturated carbocycles. The molecule has 126 valence electrons. The van der Waals surface area contributed by atoms with Crippen LogP contribution in [0.1, 0.15) is 15.9 Å². The number of carbonyl (C=O) groups is 1. The van der Waals surface area contributed by atoms with E-state index in [9.17, 15) is 28.1 Å². The summed E-state index contributed by atoms with van der Waals surface area (Å²) in [6, 6.07) is 8.48. The van der Waals surface area contributed by atoms with Gasteiger partial charge in [0.15, 0.2) is 5.78 Å². The number of alkyl halides is 3. The van der Waals surface area contributed by atoms with E-state index in [2.05, 4.69) is 5.32 Å². The van der Waals surface area contributed by atoms with Crippen LogP contribution >= 0.6 is 11.6 Å². The van der Waals surface area contributed by atoms with Crippen LogP contribution in [0.3, 0.4) is 0 Å². The lowest BCUT2D eigenvalue weighted by Gasteiger charge is -2.11. The average Bonchev–Trinajstić information content (AvgIpc) is 2.52. The van der Waals surface area contributed by atoms with Crippen LogP contribution in [0.4, 0.5) is 24.5 Å². The van der Waals surface area contributed by atoms with E-state index in [0.29, 0.717) is 16.7 Å². The number of hydrogen-bond donors (Lipinski definition) is 1. The highest BCUT2D eigenvalue weighted by molar-refractivity contribution is 6.30. The summed E-state index contributed by atoms with van der Waals surface area (Å²) in [5.41, 5.74) is -2.13. The predicted molar refractivity (Wildman–Crippen MR) is 82.4 cm³/mol. The summed E-state index contributed by atoms with van der Waals surface area (Å²) >= 11 is 5.70. The molecular formula is C15H10ClF3N2O3. The van der Waals surface area contributed by atoms with Crippen molar-refractivity contribution in [3.05, 3.63) is 68.7 Å². The number of nitro groups is 1.